The van der Waals surface area contributed by atoms with Crippen molar-refractivity contribution >= 4 is 23.6 Å². The van der Waals surface area contributed by atoms with Gasteiger partial charge in [0.2, 0.25) is 0 Å². The Morgan fingerprint density at radius 2 is 1.62 bits per heavy atom. The summed E-state index contributed by atoms with van der Waals surface area (Å²) in [6.45, 7) is 5.45. The van der Waals surface area contributed by atoms with Crippen LogP contribution >= 0.6 is 0 Å². The van der Waals surface area contributed by atoms with Gasteiger partial charge in [0.1, 0.15) is 5.82 Å². The molecule has 4 amide bonds. The number of hydrogen-bond acceptors (Lipinski definition) is 4. The summed E-state index contributed by atoms with van der Waals surface area (Å²) in [5.41, 5.74) is 2.95. The summed E-state index contributed by atoms with van der Waals surface area (Å²) in [5, 5.41) is 0. The summed E-state index contributed by atoms with van der Waals surface area (Å²) in [5.74, 6) is -2.58. The largest absolute Gasteiger partial charge is 0.348 e. The number of aryl methyl sites for hydroxylation is 2. The lowest BCUT2D eigenvalue weighted by atomic mass is 10.1. The van der Waals surface area contributed by atoms with E-state index >= 15 is 0 Å². The summed E-state index contributed by atoms with van der Waals surface area (Å²) in [6, 6.07) is 7.20. The monoisotopic (exact) mass is 399 g/mol. The molecule has 0 radical (unpaired) electrons. The molecule has 1 fully saturated rings. The van der Waals surface area contributed by atoms with Gasteiger partial charge >= 0.3 is 17.8 Å². The minimum atomic E-state index is -0.977. The van der Waals surface area contributed by atoms with Crippen LogP contribution in [0.5, 0.6) is 0 Å². The molecule has 3 rings (SSSR count). The highest BCUT2D eigenvalue weighted by atomic mass is 19.1. The first-order valence-electron chi connectivity index (χ1n) is 9.36. The van der Waals surface area contributed by atoms with Gasteiger partial charge in [-0.15, -0.1) is 0 Å². The highest BCUT2D eigenvalue weighted by Gasteiger charge is 2.44. The summed E-state index contributed by atoms with van der Waals surface area (Å²) in [7, 11) is 0. The fraction of sp³-hybridized carbons (Fsp3) is 0.333. The minimum absolute atomic E-state index is 0.0754. The summed E-state index contributed by atoms with van der Waals surface area (Å²) in [6.07, 6.45) is 0.660. The van der Waals surface area contributed by atoms with Gasteiger partial charge in [0.25, 0.3) is 0 Å². The van der Waals surface area contributed by atoms with Gasteiger partial charge in [-0.05, 0) is 51.0 Å². The van der Waals surface area contributed by atoms with Gasteiger partial charge in [0, 0.05) is 30.0 Å². The second kappa shape index (κ2) is 7.98. The van der Waals surface area contributed by atoms with Crippen LogP contribution in [0.15, 0.2) is 30.3 Å². The number of halogens is 1. The topological polar surface area (TPSA) is 79.7 Å². The fourth-order valence-electron chi connectivity index (χ4n) is 3.52. The zero-order valence-corrected chi connectivity index (χ0v) is 16.6. The number of likely N-dealkylation sites (N-methyl/N-ethyl adjacent to an activating group) is 1. The Morgan fingerprint density at radius 3 is 2.21 bits per heavy atom. The van der Waals surface area contributed by atoms with E-state index < -0.39 is 30.2 Å². The molecule has 1 saturated heterocycles. The van der Waals surface area contributed by atoms with Gasteiger partial charge in [-0.1, -0.05) is 12.1 Å². The Balaban J connectivity index is 1.74. The molecule has 1 aromatic carbocycles. The number of carbonyl (C=O) groups excluding carboxylic acids is 4. The van der Waals surface area contributed by atoms with E-state index in [0.717, 1.165) is 16.2 Å². The molecular formula is C21H22FN3O4. The smallest absolute Gasteiger partial charge is 0.334 e. The molecule has 29 heavy (non-hydrogen) atoms. The molecular weight excluding hydrogens is 377 g/mol. The number of ketones is 1. The molecule has 0 spiro atoms. The lowest BCUT2D eigenvalue weighted by Crippen LogP contribution is -2.37. The zero-order chi connectivity index (χ0) is 21.3. The molecule has 2 aromatic rings. The summed E-state index contributed by atoms with van der Waals surface area (Å²) >= 11 is 0. The van der Waals surface area contributed by atoms with E-state index in [1.807, 2.05) is 11.5 Å². The van der Waals surface area contributed by atoms with E-state index in [2.05, 4.69) is 0 Å². The maximum absolute atomic E-state index is 13.0. The second-order valence-corrected chi connectivity index (χ2v) is 6.96. The van der Waals surface area contributed by atoms with Gasteiger partial charge in [0.15, 0.2) is 5.78 Å². The van der Waals surface area contributed by atoms with Gasteiger partial charge in [0.05, 0.1) is 6.54 Å². The quantitative estimate of drug-likeness (QED) is 0.407. The highest BCUT2D eigenvalue weighted by Crippen LogP contribution is 2.19. The molecule has 1 aliphatic heterocycles. The van der Waals surface area contributed by atoms with Crippen molar-refractivity contribution < 1.29 is 23.6 Å². The van der Waals surface area contributed by atoms with Crippen LogP contribution in [-0.2, 0) is 22.6 Å². The third-order valence-corrected chi connectivity index (χ3v) is 5.16. The van der Waals surface area contributed by atoms with Crippen LogP contribution in [0.2, 0.25) is 0 Å². The number of carbonyl (C=O) groups is 4. The van der Waals surface area contributed by atoms with Crippen molar-refractivity contribution in [2.75, 3.05) is 13.1 Å². The van der Waals surface area contributed by atoms with E-state index in [4.69, 9.17) is 0 Å². The maximum Gasteiger partial charge on any atom is 0.334 e. The van der Waals surface area contributed by atoms with Gasteiger partial charge in [-0.2, -0.15) is 0 Å². The Hall–Kier alpha value is -3.29. The number of nitrogens with zero attached hydrogens (tertiary/aromatic N) is 3. The lowest BCUT2D eigenvalue weighted by Gasteiger charge is -2.13. The predicted octanol–water partition coefficient (Wildman–Crippen LogP) is 2.48. The Labute approximate surface area is 167 Å². The summed E-state index contributed by atoms with van der Waals surface area (Å²) < 4.78 is 15.0. The van der Waals surface area contributed by atoms with Crippen LogP contribution in [0.1, 0.15) is 34.2 Å². The Morgan fingerprint density at radius 1 is 1.00 bits per heavy atom. The lowest BCUT2D eigenvalue weighted by molar-refractivity contribution is -0.143. The van der Waals surface area contributed by atoms with Crippen molar-refractivity contribution in [3.63, 3.8) is 0 Å². The van der Waals surface area contributed by atoms with Crippen LogP contribution in [0, 0.1) is 19.7 Å². The average molecular weight is 399 g/mol. The van der Waals surface area contributed by atoms with Crippen molar-refractivity contribution in [2.24, 2.45) is 0 Å². The molecule has 8 heteroatoms. The second-order valence-electron chi connectivity index (χ2n) is 6.96. The van der Waals surface area contributed by atoms with E-state index in [0.29, 0.717) is 29.1 Å². The van der Waals surface area contributed by atoms with Gasteiger partial charge in [-0.25, -0.2) is 14.1 Å². The van der Waals surface area contributed by atoms with Crippen molar-refractivity contribution in [3.05, 3.63) is 58.7 Å². The Bertz CT molecular complexity index is 994. The normalized spacial score (nSPS) is 14.3. The molecule has 0 saturated carbocycles. The first kappa shape index (κ1) is 20.4. The Kier molecular flexibility index (Phi) is 5.63. The van der Waals surface area contributed by atoms with Gasteiger partial charge in [-0.3, -0.25) is 19.3 Å². The fourth-order valence-corrected chi connectivity index (χ4v) is 3.52. The molecule has 0 bridgehead atoms. The van der Waals surface area contributed by atoms with E-state index in [-0.39, 0.29) is 12.4 Å². The van der Waals surface area contributed by atoms with Crippen molar-refractivity contribution in [1.82, 2.24) is 14.4 Å². The van der Waals surface area contributed by atoms with Crippen molar-refractivity contribution in [3.8, 4) is 0 Å². The maximum atomic E-state index is 13.0. The third-order valence-electron chi connectivity index (χ3n) is 5.16. The highest BCUT2D eigenvalue weighted by molar-refractivity contribution is 6.45. The summed E-state index contributed by atoms with van der Waals surface area (Å²) in [4.78, 5) is 50.3. The molecule has 0 N–H and O–H groups in total. The third kappa shape index (κ3) is 3.83. The molecule has 7 nitrogen and oxygen atoms in total. The predicted molar refractivity (Wildman–Crippen MR) is 103 cm³/mol. The number of benzene rings is 1. The molecule has 0 atom stereocenters. The number of imide groups is 2. The number of Topliss-reactive ketones (excluding diaryl/α,β-unsaturated/α-hetero) is 1. The van der Waals surface area contributed by atoms with E-state index in [1.54, 1.807) is 32.0 Å². The van der Waals surface area contributed by atoms with Gasteiger partial charge < -0.3 is 4.57 Å². The number of aromatic nitrogens is 1. The standard InChI is InChI=1S/C21H22FN3O4/c1-4-23-19(27)20(28)25(21(23)29)12-18(26)17-11-13(2)24(14(17)3)10-9-15-5-7-16(22)8-6-15/h5-8,11H,4,9-10,12H2,1-3H3. The average Bonchev–Trinajstić information content (AvgIpc) is 3.09. The number of hydrogen-bond donors (Lipinski definition) is 0. The first-order valence-corrected chi connectivity index (χ1v) is 9.36. The van der Waals surface area contributed by atoms with Crippen LogP contribution in [-0.4, -0.2) is 51.1 Å². The van der Waals surface area contributed by atoms with E-state index in [9.17, 15) is 23.6 Å². The molecule has 0 unspecified atom stereocenters. The van der Waals surface area contributed by atoms with Crippen molar-refractivity contribution in [2.45, 2.75) is 33.7 Å². The number of rotatable bonds is 7. The van der Waals surface area contributed by atoms with E-state index in [1.165, 1.54) is 12.1 Å². The molecule has 0 aliphatic carbocycles. The zero-order valence-electron chi connectivity index (χ0n) is 16.6. The molecule has 2 heterocycles. The van der Waals surface area contributed by atoms with Crippen LogP contribution in [0.3, 0.4) is 0 Å². The molecule has 1 aliphatic rings. The molecule has 152 valence electrons. The van der Waals surface area contributed by atoms with Crippen LogP contribution < -0.4 is 0 Å². The van der Waals surface area contributed by atoms with Crippen molar-refractivity contribution in [1.29, 1.82) is 0 Å². The first-order chi connectivity index (χ1) is 13.7. The van der Waals surface area contributed by atoms with Crippen LogP contribution in [0.25, 0.3) is 0 Å². The van der Waals surface area contributed by atoms with Crippen LogP contribution in [0.4, 0.5) is 9.18 Å². The minimum Gasteiger partial charge on any atom is -0.348 e. The SMILES string of the molecule is CCN1C(=O)C(=O)N(CC(=O)c2cc(C)n(CCc3ccc(F)cc3)c2C)C1=O. The number of amides is 4. The molecule has 1 aromatic heterocycles. The number of urea groups is 1.